The molecule has 3 aromatic carbocycles. The van der Waals surface area contributed by atoms with E-state index in [2.05, 4.69) is 0 Å². The molecule has 6 atom stereocenters. The van der Waals surface area contributed by atoms with Gasteiger partial charge in [-0.25, -0.2) is 4.79 Å². The van der Waals surface area contributed by atoms with Crippen molar-refractivity contribution in [3.8, 4) is 0 Å². The summed E-state index contributed by atoms with van der Waals surface area (Å²) in [6.07, 6.45) is -3.85. The highest BCUT2D eigenvalue weighted by Gasteiger charge is 2.51. The molecule has 2 saturated heterocycles. The molecular formula is C26H24O6S. The van der Waals surface area contributed by atoms with Crippen LogP contribution in [0.2, 0.25) is 0 Å². The van der Waals surface area contributed by atoms with Crippen LogP contribution in [-0.2, 0) is 18.9 Å². The average Bonchev–Trinajstić information content (AvgIpc) is 2.88. The second kappa shape index (κ2) is 10.1. The Bertz CT molecular complexity index is 1050. The number of aliphatic hydroxyl groups excluding tert-OH is 1. The number of hydrogen-bond donors (Lipinski definition) is 1. The predicted octanol–water partition coefficient (Wildman–Crippen LogP) is 4.20. The van der Waals surface area contributed by atoms with E-state index in [-0.39, 0.29) is 6.61 Å². The second-order valence-corrected chi connectivity index (χ2v) is 9.05. The lowest BCUT2D eigenvalue weighted by Crippen LogP contribution is -2.61. The maximum Gasteiger partial charge on any atom is 0.338 e. The third-order valence-electron chi connectivity index (χ3n) is 5.63. The number of hydrogen-bond acceptors (Lipinski definition) is 7. The molecule has 170 valence electrons. The monoisotopic (exact) mass is 464 g/mol. The standard InChI is InChI=1S/C26H24O6S/c27-21-22-20(16-29-25(32-22)18-12-6-2-7-13-18)30-26(33-19-14-8-3-9-15-19)23(21)31-24(28)17-10-4-1-5-11-17/h1-15,20-23,25-27H,16H2/t20-,21-,22+,23-,25+,26+/m1/s1. The fourth-order valence-electron chi connectivity index (χ4n) is 3.97. The number of fused-ring (bicyclic) bond motifs is 1. The molecule has 0 saturated carbocycles. The molecule has 3 aromatic rings. The Kier molecular flexibility index (Phi) is 6.75. The Labute approximate surface area is 196 Å². The van der Waals surface area contributed by atoms with Gasteiger partial charge in [0.25, 0.3) is 0 Å². The van der Waals surface area contributed by atoms with E-state index in [9.17, 15) is 9.90 Å². The van der Waals surface area contributed by atoms with Gasteiger partial charge >= 0.3 is 5.97 Å². The quantitative estimate of drug-likeness (QED) is 0.567. The Morgan fingerprint density at radius 2 is 1.52 bits per heavy atom. The number of ether oxygens (including phenoxy) is 4. The van der Waals surface area contributed by atoms with Crippen LogP contribution in [0.1, 0.15) is 22.2 Å². The molecule has 0 bridgehead atoms. The number of carbonyl (C=O) groups is 1. The molecule has 2 aliphatic heterocycles. The summed E-state index contributed by atoms with van der Waals surface area (Å²) >= 11 is 1.40. The summed E-state index contributed by atoms with van der Waals surface area (Å²) in [5.74, 6) is -0.521. The zero-order valence-corrected chi connectivity index (χ0v) is 18.5. The molecule has 0 aromatic heterocycles. The van der Waals surface area contributed by atoms with E-state index in [1.54, 1.807) is 24.3 Å². The largest absolute Gasteiger partial charge is 0.452 e. The number of rotatable bonds is 5. The highest BCUT2D eigenvalue weighted by molar-refractivity contribution is 7.99. The molecule has 2 fully saturated rings. The molecule has 0 aliphatic carbocycles. The lowest BCUT2D eigenvalue weighted by atomic mass is 9.98. The third-order valence-corrected chi connectivity index (χ3v) is 6.79. The molecule has 5 rings (SSSR count). The van der Waals surface area contributed by atoms with Crippen molar-refractivity contribution in [1.29, 1.82) is 0 Å². The minimum atomic E-state index is -1.09. The van der Waals surface area contributed by atoms with Gasteiger partial charge in [-0.15, -0.1) is 0 Å². The first-order valence-electron chi connectivity index (χ1n) is 10.8. The topological polar surface area (TPSA) is 74.2 Å². The summed E-state index contributed by atoms with van der Waals surface area (Å²) in [4.78, 5) is 13.8. The van der Waals surface area contributed by atoms with Gasteiger partial charge in [0, 0.05) is 10.5 Å². The number of aliphatic hydroxyl groups is 1. The molecule has 1 N–H and O–H groups in total. The van der Waals surface area contributed by atoms with E-state index in [1.165, 1.54) is 11.8 Å². The van der Waals surface area contributed by atoms with Gasteiger partial charge in [-0.05, 0) is 24.3 Å². The third kappa shape index (κ3) is 4.98. The van der Waals surface area contributed by atoms with Crippen molar-refractivity contribution in [2.45, 2.75) is 41.0 Å². The van der Waals surface area contributed by atoms with Crippen LogP contribution in [0.5, 0.6) is 0 Å². The summed E-state index contributed by atoms with van der Waals surface area (Å²) in [6, 6.07) is 27.9. The van der Waals surface area contributed by atoms with E-state index in [1.807, 2.05) is 66.7 Å². The maximum absolute atomic E-state index is 12.8. The molecule has 0 radical (unpaired) electrons. The van der Waals surface area contributed by atoms with Crippen molar-refractivity contribution in [3.05, 3.63) is 102 Å². The van der Waals surface area contributed by atoms with Crippen LogP contribution in [0.15, 0.2) is 95.9 Å². The van der Waals surface area contributed by atoms with E-state index in [0.717, 1.165) is 10.5 Å². The van der Waals surface area contributed by atoms with Crippen LogP contribution in [-0.4, -0.2) is 47.5 Å². The normalized spacial score (nSPS) is 29.1. The lowest BCUT2D eigenvalue weighted by Gasteiger charge is -2.47. The first-order valence-corrected chi connectivity index (χ1v) is 11.7. The predicted molar refractivity (Wildman–Crippen MR) is 123 cm³/mol. The van der Waals surface area contributed by atoms with Gasteiger partial charge in [0.05, 0.1) is 12.2 Å². The van der Waals surface area contributed by atoms with E-state index >= 15 is 0 Å². The van der Waals surface area contributed by atoms with Crippen LogP contribution in [0.3, 0.4) is 0 Å². The second-order valence-electron chi connectivity index (χ2n) is 7.88. The van der Waals surface area contributed by atoms with E-state index in [4.69, 9.17) is 18.9 Å². The summed E-state index contributed by atoms with van der Waals surface area (Å²) in [6.45, 7) is 0.256. The van der Waals surface area contributed by atoms with Crippen molar-refractivity contribution in [3.63, 3.8) is 0 Å². The SMILES string of the molecule is O=C(O[C@@H]1[C@H](O)[C@H]2O[C@@H](c3ccccc3)OC[C@H]2O[C@H]1Sc1ccccc1)c1ccccc1. The lowest BCUT2D eigenvalue weighted by molar-refractivity contribution is -0.317. The van der Waals surface area contributed by atoms with Crippen LogP contribution < -0.4 is 0 Å². The Morgan fingerprint density at radius 3 is 2.21 bits per heavy atom. The molecule has 7 heteroatoms. The zero-order chi connectivity index (χ0) is 22.6. The fourth-order valence-corrected chi connectivity index (χ4v) is 5.10. The number of thioether (sulfide) groups is 1. The summed E-state index contributed by atoms with van der Waals surface area (Å²) in [7, 11) is 0. The Balaban J connectivity index is 1.38. The zero-order valence-electron chi connectivity index (χ0n) is 17.7. The first-order chi connectivity index (χ1) is 16.2. The molecule has 0 unspecified atom stereocenters. The minimum absolute atomic E-state index is 0.256. The van der Waals surface area contributed by atoms with Crippen LogP contribution >= 0.6 is 11.8 Å². The van der Waals surface area contributed by atoms with E-state index in [0.29, 0.717) is 5.56 Å². The van der Waals surface area contributed by atoms with Gasteiger partial charge in [0.1, 0.15) is 23.7 Å². The van der Waals surface area contributed by atoms with Gasteiger partial charge < -0.3 is 24.1 Å². The van der Waals surface area contributed by atoms with Crippen molar-refractivity contribution in [1.82, 2.24) is 0 Å². The number of carbonyl (C=O) groups excluding carboxylic acids is 1. The smallest absolute Gasteiger partial charge is 0.338 e. The Morgan fingerprint density at radius 1 is 0.879 bits per heavy atom. The minimum Gasteiger partial charge on any atom is -0.452 e. The fraction of sp³-hybridized carbons (Fsp3) is 0.269. The van der Waals surface area contributed by atoms with Gasteiger partial charge in [0.2, 0.25) is 0 Å². The van der Waals surface area contributed by atoms with Crippen molar-refractivity contribution >= 4 is 17.7 Å². The van der Waals surface area contributed by atoms with E-state index < -0.39 is 42.1 Å². The molecular weight excluding hydrogens is 440 g/mol. The van der Waals surface area contributed by atoms with Crippen molar-refractivity contribution < 1.29 is 28.8 Å². The van der Waals surface area contributed by atoms with Gasteiger partial charge in [-0.2, -0.15) is 0 Å². The number of esters is 1. The van der Waals surface area contributed by atoms with Crippen LogP contribution in [0.4, 0.5) is 0 Å². The van der Waals surface area contributed by atoms with Crippen molar-refractivity contribution in [2.24, 2.45) is 0 Å². The molecule has 6 nitrogen and oxygen atoms in total. The van der Waals surface area contributed by atoms with Crippen molar-refractivity contribution in [2.75, 3.05) is 6.61 Å². The number of benzene rings is 3. The van der Waals surface area contributed by atoms with Gasteiger partial charge in [0.15, 0.2) is 12.4 Å². The Hall–Kier alpha value is -2.68. The molecule has 33 heavy (non-hydrogen) atoms. The summed E-state index contributed by atoms with van der Waals surface area (Å²) < 4.78 is 24.1. The average molecular weight is 465 g/mol. The highest BCUT2D eigenvalue weighted by atomic mass is 32.2. The maximum atomic E-state index is 12.8. The molecule has 0 amide bonds. The summed E-state index contributed by atoms with van der Waals surface area (Å²) in [5.41, 5.74) is 0.629. The molecule has 2 aliphatic rings. The van der Waals surface area contributed by atoms with Gasteiger partial charge in [-0.3, -0.25) is 0 Å². The first kappa shape index (κ1) is 22.1. The summed E-state index contributed by atoms with van der Waals surface area (Å²) in [5, 5.41) is 11.3. The highest BCUT2D eigenvalue weighted by Crippen LogP contribution is 2.40. The molecule has 2 heterocycles. The van der Waals surface area contributed by atoms with Crippen LogP contribution in [0.25, 0.3) is 0 Å². The van der Waals surface area contributed by atoms with Gasteiger partial charge in [-0.1, -0.05) is 78.5 Å². The molecule has 0 spiro atoms. The van der Waals surface area contributed by atoms with Crippen LogP contribution in [0, 0.1) is 0 Å².